The fourth-order valence-corrected chi connectivity index (χ4v) is 2.20. The predicted molar refractivity (Wildman–Crippen MR) is 72.6 cm³/mol. The number of aryl methyl sites for hydroxylation is 1. The van der Waals surface area contributed by atoms with E-state index in [0.717, 1.165) is 12.1 Å². The number of halogens is 2. The highest BCUT2D eigenvalue weighted by molar-refractivity contribution is 5.98. The quantitative estimate of drug-likeness (QED) is 0.780. The van der Waals surface area contributed by atoms with Gasteiger partial charge in [-0.1, -0.05) is 0 Å². The molecule has 0 atom stereocenters. The van der Waals surface area contributed by atoms with Gasteiger partial charge in [0, 0.05) is 12.6 Å². The number of nitrogen functional groups attached to an aromatic ring is 1. The van der Waals surface area contributed by atoms with Gasteiger partial charge >= 0.3 is 0 Å². The first kappa shape index (κ1) is 13.2. The predicted octanol–water partition coefficient (Wildman–Crippen LogP) is 1.90. The summed E-state index contributed by atoms with van der Waals surface area (Å²) in [7, 11) is 2.86. The van der Waals surface area contributed by atoms with E-state index in [1.807, 2.05) is 0 Å². The van der Waals surface area contributed by atoms with Crippen LogP contribution in [0.2, 0.25) is 0 Å². The summed E-state index contributed by atoms with van der Waals surface area (Å²) in [4.78, 5) is 7.95. The SMILES string of the molecule is COc1c(F)cc(-c2nn(C)c3ncnc(N)c23)cc1F. The molecule has 2 N–H and O–H groups in total. The van der Waals surface area contributed by atoms with Crippen molar-refractivity contribution in [1.29, 1.82) is 0 Å². The third kappa shape index (κ3) is 1.95. The van der Waals surface area contributed by atoms with E-state index in [9.17, 15) is 8.78 Å². The highest BCUT2D eigenvalue weighted by Gasteiger charge is 2.19. The third-order valence-electron chi connectivity index (χ3n) is 3.13. The molecule has 0 saturated heterocycles. The van der Waals surface area contributed by atoms with Crippen LogP contribution in [0.25, 0.3) is 22.3 Å². The fraction of sp³-hybridized carbons (Fsp3) is 0.154. The maximum atomic E-state index is 13.8. The average molecular weight is 291 g/mol. The molecule has 0 bridgehead atoms. The molecule has 0 saturated carbocycles. The van der Waals surface area contributed by atoms with Crippen molar-refractivity contribution in [2.45, 2.75) is 0 Å². The maximum Gasteiger partial charge on any atom is 0.190 e. The summed E-state index contributed by atoms with van der Waals surface area (Å²) in [5, 5.41) is 4.67. The van der Waals surface area contributed by atoms with E-state index in [1.165, 1.54) is 18.1 Å². The normalized spacial score (nSPS) is 11.0. The zero-order valence-corrected chi connectivity index (χ0v) is 11.3. The fourth-order valence-electron chi connectivity index (χ4n) is 2.20. The number of nitrogens with two attached hydrogens (primary N) is 1. The summed E-state index contributed by atoms with van der Waals surface area (Å²) in [6.07, 6.45) is 1.30. The molecular weight excluding hydrogens is 280 g/mol. The molecule has 0 radical (unpaired) electrons. The Labute approximate surface area is 118 Å². The van der Waals surface area contributed by atoms with Crippen LogP contribution in [-0.2, 0) is 7.05 Å². The van der Waals surface area contributed by atoms with E-state index >= 15 is 0 Å². The molecule has 3 aromatic rings. The van der Waals surface area contributed by atoms with E-state index in [0.29, 0.717) is 16.7 Å². The van der Waals surface area contributed by atoms with Gasteiger partial charge in [-0.2, -0.15) is 5.10 Å². The summed E-state index contributed by atoms with van der Waals surface area (Å²) in [6, 6.07) is 2.27. The minimum atomic E-state index is -0.818. The van der Waals surface area contributed by atoms with E-state index in [1.54, 1.807) is 7.05 Å². The van der Waals surface area contributed by atoms with Crippen molar-refractivity contribution in [1.82, 2.24) is 19.7 Å². The molecule has 108 valence electrons. The van der Waals surface area contributed by atoms with Crippen molar-refractivity contribution in [3.05, 3.63) is 30.1 Å². The van der Waals surface area contributed by atoms with Gasteiger partial charge < -0.3 is 10.5 Å². The lowest BCUT2D eigenvalue weighted by molar-refractivity contribution is 0.360. The zero-order valence-electron chi connectivity index (χ0n) is 11.3. The third-order valence-corrected chi connectivity index (χ3v) is 3.13. The Balaban J connectivity index is 2.31. The molecule has 2 heterocycles. The second kappa shape index (κ2) is 4.65. The van der Waals surface area contributed by atoms with Crippen LogP contribution >= 0.6 is 0 Å². The van der Waals surface area contributed by atoms with Crippen LogP contribution in [0.4, 0.5) is 14.6 Å². The Morgan fingerprint density at radius 2 is 1.86 bits per heavy atom. The van der Waals surface area contributed by atoms with Crippen LogP contribution in [-0.4, -0.2) is 26.9 Å². The lowest BCUT2D eigenvalue weighted by Gasteiger charge is -2.06. The second-order valence-electron chi connectivity index (χ2n) is 4.40. The largest absolute Gasteiger partial charge is 0.491 e. The van der Waals surface area contributed by atoms with E-state index < -0.39 is 17.4 Å². The van der Waals surface area contributed by atoms with E-state index in [4.69, 9.17) is 5.73 Å². The molecule has 2 aromatic heterocycles. The number of rotatable bonds is 2. The number of hydrogen-bond acceptors (Lipinski definition) is 5. The van der Waals surface area contributed by atoms with Crippen molar-refractivity contribution in [3.63, 3.8) is 0 Å². The Kier molecular flexibility index (Phi) is 2.93. The maximum absolute atomic E-state index is 13.8. The highest BCUT2D eigenvalue weighted by atomic mass is 19.1. The molecule has 1 aromatic carbocycles. The van der Waals surface area contributed by atoms with Gasteiger partial charge in [0.05, 0.1) is 12.5 Å². The molecule has 0 aliphatic carbocycles. The Morgan fingerprint density at radius 1 is 1.19 bits per heavy atom. The lowest BCUT2D eigenvalue weighted by atomic mass is 10.1. The van der Waals surface area contributed by atoms with Gasteiger partial charge in [0.2, 0.25) is 0 Å². The summed E-state index contributed by atoms with van der Waals surface area (Å²) in [5.41, 5.74) is 6.85. The van der Waals surface area contributed by atoms with Crippen molar-refractivity contribution in [2.24, 2.45) is 7.05 Å². The number of benzene rings is 1. The molecule has 0 spiro atoms. The molecule has 0 amide bonds. The number of methoxy groups -OCH3 is 1. The Bertz CT molecular complexity index is 823. The smallest absolute Gasteiger partial charge is 0.190 e. The first-order valence-corrected chi connectivity index (χ1v) is 5.99. The highest BCUT2D eigenvalue weighted by Crippen LogP contribution is 2.33. The number of hydrogen-bond donors (Lipinski definition) is 1. The summed E-state index contributed by atoms with van der Waals surface area (Å²) in [6.45, 7) is 0. The summed E-state index contributed by atoms with van der Waals surface area (Å²) in [5.74, 6) is -1.88. The van der Waals surface area contributed by atoms with Crippen molar-refractivity contribution in [2.75, 3.05) is 12.8 Å². The minimum Gasteiger partial charge on any atom is -0.491 e. The van der Waals surface area contributed by atoms with Gasteiger partial charge in [0.15, 0.2) is 23.0 Å². The number of nitrogens with zero attached hydrogens (tertiary/aromatic N) is 4. The molecule has 0 unspecified atom stereocenters. The molecular formula is C13H11F2N5O. The summed E-state index contributed by atoms with van der Waals surface area (Å²) >= 11 is 0. The first-order valence-electron chi connectivity index (χ1n) is 5.99. The standard InChI is InChI=1S/C13H11F2N5O/c1-20-13-9(12(16)17-5-18-13)10(19-20)6-3-7(14)11(21-2)8(15)4-6/h3-5H,1-2H3,(H2,16,17,18). The molecule has 0 aliphatic rings. The monoisotopic (exact) mass is 291 g/mol. The number of fused-ring (bicyclic) bond motifs is 1. The Hall–Kier alpha value is -2.77. The lowest BCUT2D eigenvalue weighted by Crippen LogP contribution is -1.95. The molecule has 3 rings (SSSR count). The van der Waals surface area contributed by atoms with Crippen molar-refractivity contribution < 1.29 is 13.5 Å². The van der Waals surface area contributed by atoms with Gasteiger partial charge in [0.1, 0.15) is 17.8 Å². The van der Waals surface area contributed by atoms with Gasteiger partial charge in [-0.3, -0.25) is 0 Å². The van der Waals surface area contributed by atoms with E-state index in [-0.39, 0.29) is 11.4 Å². The van der Waals surface area contributed by atoms with Crippen molar-refractivity contribution >= 4 is 16.9 Å². The average Bonchev–Trinajstić information content (AvgIpc) is 2.77. The van der Waals surface area contributed by atoms with Gasteiger partial charge in [-0.05, 0) is 12.1 Å². The first-order chi connectivity index (χ1) is 10.0. The number of aromatic nitrogens is 4. The minimum absolute atomic E-state index is 0.194. The van der Waals surface area contributed by atoms with Gasteiger partial charge in [-0.15, -0.1) is 0 Å². The van der Waals surface area contributed by atoms with Gasteiger partial charge in [0.25, 0.3) is 0 Å². The molecule has 21 heavy (non-hydrogen) atoms. The van der Waals surface area contributed by atoms with Crippen LogP contribution < -0.4 is 10.5 Å². The van der Waals surface area contributed by atoms with Crippen LogP contribution in [0.15, 0.2) is 18.5 Å². The van der Waals surface area contributed by atoms with Gasteiger partial charge in [-0.25, -0.2) is 23.4 Å². The summed E-state index contributed by atoms with van der Waals surface area (Å²) < 4.78 is 33.8. The van der Waals surface area contributed by atoms with Crippen LogP contribution in [0.5, 0.6) is 5.75 Å². The number of ether oxygens (including phenoxy) is 1. The molecule has 6 nitrogen and oxygen atoms in total. The second-order valence-corrected chi connectivity index (χ2v) is 4.40. The molecule has 8 heteroatoms. The topological polar surface area (TPSA) is 78.8 Å². The van der Waals surface area contributed by atoms with Crippen molar-refractivity contribution in [3.8, 4) is 17.0 Å². The van der Waals surface area contributed by atoms with Crippen LogP contribution in [0.1, 0.15) is 0 Å². The number of anilines is 1. The van der Waals surface area contributed by atoms with Crippen LogP contribution in [0, 0.1) is 11.6 Å². The molecule has 0 aliphatic heterocycles. The molecule has 0 fully saturated rings. The Morgan fingerprint density at radius 3 is 2.48 bits per heavy atom. The van der Waals surface area contributed by atoms with E-state index in [2.05, 4.69) is 19.8 Å². The zero-order chi connectivity index (χ0) is 15.1. The van der Waals surface area contributed by atoms with Crippen LogP contribution in [0.3, 0.4) is 0 Å².